The number of halogens is 1. The monoisotopic (exact) mass is 346 g/mol. The van der Waals surface area contributed by atoms with Gasteiger partial charge < -0.3 is 9.73 Å². The molecule has 0 aliphatic heterocycles. The topological polar surface area (TPSA) is 73.0 Å². The summed E-state index contributed by atoms with van der Waals surface area (Å²) in [6.45, 7) is 8.34. The minimum Gasteiger partial charge on any atom is -0.449 e. The molecular formula is C17H19ClN4O2. The van der Waals surface area contributed by atoms with Crippen LogP contribution in [0.15, 0.2) is 22.9 Å². The number of amides is 1. The van der Waals surface area contributed by atoms with Crippen LogP contribution in [0.25, 0.3) is 11.0 Å². The molecule has 6 nitrogen and oxygen atoms in total. The highest BCUT2D eigenvalue weighted by Crippen LogP contribution is 2.32. The van der Waals surface area contributed by atoms with Crippen molar-refractivity contribution in [1.82, 2.24) is 20.1 Å². The van der Waals surface area contributed by atoms with E-state index in [2.05, 4.69) is 15.4 Å². The van der Waals surface area contributed by atoms with Gasteiger partial charge in [0.2, 0.25) is 0 Å². The molecule has 24 heavy (non-hydrogen) atoms. The van der Waals surface area contributed by atoms with E-state index in [9.17, 15) is 4.79 Å². The van der Waals surface area contributed by atoms with Gasteiger partial charge in [-0.25, -0.2) is 9.67 Å². The lowest BCUT2D eigenvalue weighted by molar-refractivity contribution is 0.0910. The van der Waals surface area contributed by atoms with Crippen molar-refractivity contribution in [3.05, 3.63) is 46.2 Å². The molecule has 0 fully saturated rings. The van der Waals surface area contributed by atoms with Gasteiger partial charge in [-0.3, -0.25) is 4.79 Å². The molecule has 0 saturated heterocycles. The van der Waals surface area contributed by atoms with Gasteiger partial charge in [-0.05, 0) is 45.4 Å². The molecule has 7 heteroatoms. The summed E-state index contributed by atoms with van der Waals surface area (Å²) in [4.78, 5) is 16.8. The summed E-state index contributed by atoms with van der Waals surface area (Å²) in [5, 5.41) is 8.39. The Labute approximate surface area is 144 Å². The van der Waals surface area contributed by atoms with Crippen molar-refractivity contribution in [2.75, 3.05) is 0 Å². The third-order valence-electron chi connectivity index (χ3n) is 4.02. The smallest absolute Gasteiger partial charge is 0.287 e. The SMILES string of the molecule is CCn1ncnc1C(C)NC(=O)c1oc2c(Cl)cc(C)cc2c1C. The summed E-state index contributed by atoms with van der Waals surface area (Å²) in [5.74, 6) is 0.677. The Kier molecular flexibility index (Phi) is 4.32. The van der Waals surface area contributed by atoms with Crippen LogP contribution in [0.2, 0.25) is 5.02 Å². The van der Waals surface area contributed by atoms with Crippen LogP contribution in [0.4, 0.5) is 0 Å². The summed E-state index contributed by atoms with van der Waals surface area (Å²) < 4.78 is 7.48. The van der Waals surface area contributed by atoms with Gasteiger partial charge in [-0.15, -0.1) is 0 Å². The molecule has 3 aromatic rings. The van der Waals surface area contributed by atoms with Gasteiger partial charge in [-0.1, -0.05) is 11.6 Å². The molecule has 0 aliphatic carbocycles. The Morgan fingerprint density at radius 3 is 2.88 bits per heavy atom. The molecule has 0 aliphatic rings. The van der Waals surface area contributed by atoms with Crippen molar-refractivity contribution in [2.45, 2.75) is 40.3 Å². The zero-order valence-corrected chi connectivity index (χ0v) is 14.8. The maximum Gasteiger partial charge on any atom is 0.287 e. The van der Waals surface area contributed by atoms with Crippen LogP contribution in [0.1, 0.15) is 47.4 Å². The predicted molar refractivity (Wildman–Crippen MR) is 92.3 cm³/mol. The van der Waals surface area contributed by atoms with Gasteiger partial charge in [0.25, 0.3) is 5.91 Å². The second-order valence-corrected chi connectivity index (χ2v) is 6.22. The molecule has 2 heterocycles. The molecule has 3 rings (SSSR count). The van der Waals surface area contributed by atoms with E-state index < -0.39 is 0 Å². The Morgan fingerprint density at radius 1 is 1.42 bits per heavy atom. The molecule has 0 spiro atoms. The summed E-state index contributed by atoms with van der Waals surface area (Å²) in [6, 6.07) is 3.50. The maximum atomic E-state index is 12.6. The number of hydrogen-bond donors (Lipinski definition) is 1. The molecule has 1 N–H and O–H groups in total. The second kappa shape index (κ2) is 6.28. The van der Waals surface area contributed by atoms with Crippen LogP contribution in [-0.4, -0.2) is 20.7 Å². The molecule has 0 bridgehead atoms. The summed E-state index contributed by atoms with van der Waals surface area (Å²) in [6.07, 6.45) is 1.48. The highest BCUT2D eigenvalue weighted by atomic mass is 35.5. The number of nitrogens with zero attached hydrogens (tertiary/aromatic N) is 3. The first-order valence-corrected chi connectivity index (χ1v) is 8.18. The van der Waals surface area contributed by atoms with Gasteiger partial charge >= 0.3 is 0 Å². The molecule has 2 aromatic heterocycles. The zero-order chi connectivity index (χ0) is 17.4. The first kappa shape index (κ1) is 16.5. The number of nitrogens with one attached hydrogen (secondary N) is 1. The van der Waals surface area contributed by atoms with Crippen molar-refractivity contribution in [3.63, 3.8) is 0 Å². The fourth-order valence-corrected chi connectivity index (χ4v) is 3.12. The number of hydrogen-bond acceptors (Lipinski definition) is 4. The number of aromatic nitrogens is 3. The van der Waals surface area contributed by atoms with E-state index in [1.807, 2.05) is 39.8 Å². The van der Waals surface area contributed by atoms with Crippen LogP contribution in [0, 0.1) is 13.8 Å². The average Bonchev–Trinajstić information content (AvgIpc) is 3.12. The fourth-order valence-electron chi connectivity index (χ4n) is 2.81. The molecular weight excluding hydrogens is 328 g/mol. The molecule has 1 aromatic carbocycles. The largest absolute Gasteiger partial charge is 0.449 e. The standard InChI is InChI=1S/C17H19ClN4O2/c1-5-22-16(19-8-20-22)11(4)21-17(23)14-10(3)12-6-9(2)7-13(18)15(12)24-14/h6-8,11H,5H2,1-4H3,(H,21,23). The minimum absolute atomic E-state index is 0.270. The average molecular weight is 347 g/mol. The molecule has 0 radical (unpaired) electrons. The second-order valence-electron chi connectivity index (χ2n) is 5.81. The van der Waals surface area contributed by atoms with E-state index in [1.165, 1.54) is 6.33 Å². The number of rotatable bonds is 4. The Bertz CT molecular complexity index is 913. The quantitative estimate of drug-likeness (QED) is 0.779. The van der Waals surface area contributed by atoms with E-state index in [-0.39, 0.29) is 17.7 Å². The van der Waals surface area contributed by atoms with E-state index in [4.69, 9.17) is 16.0 Å². The van der Waals surface area contributed by atoms with Gasteiger partial charge in [-0.2, -0.15) is 5.10 Å². The van der Waals surface area contributed by atoms with Crippen molar-refractivity contribution in [2.24, 2.45) is 0 Å². The normalized spacial score (nSPS) is 12.5. The molecule has 126 valence electrons. The Balaban J connectivity index is 1.92. The number of aryl methyl sites for hydroxylation is 3. The van der Waals surface area contributed by atoms with Crippen LogP contribution in [0.5, 0.6) is 0 Å². The van der Waals surface area contributed by atoms with Crippen molar-refractivity contribution >= 4 is 28.5 Å². The lowest BCUT2D eigenvalue weighted by Gasteiger charge is -2.13. The maximum absolute atomic E-state index is 12.6. The lowest BCUT2D eigenvalue weighted by atomic mass is 10.1. The zero-order valence-electron chi connectivity index (χ0n) is 14.1. The third-order valence-corrected chi connectivity index (χ3v) is 4.30. The van der Waals surface area contributed by atoms with E-state index in [1.54, 1.807) is 4.68 Å². The minimum atomic E-state index is -0.296. The van der Waals surface area contributed by atoms with E-state index >= 15 is 0 Å². The molecule has 1 unspecified atom stereocenters. The number of carbonyl (C=O) groups is 1. The number of benzene rings is 1. The van der Waals surface area contributed by atoms with E-state index in [0.29, 0.717) is 23.0 Å². The number of fused-ring (bicyclic) bond motifs is 1. The highest BCUT2D eigenvalue weighted by molar-refractivity contribution is 6.35. The summed E-state index contributed by atoms with van der Waals surface area (Å²) in [5.41, 5.74) is 2.33. The number of furan rings is 1. The van der Waals surface area contributed by atoms with Crippen LogP contribution in [-0.2, 0) is 6.54 Å². The molecule has 1 atom stereocenters. The Hall–Kier alpha value is -2.34. The van der Waals surface area contributed by atoms with Gasteiger partial charge in [0.1, 0.15) is 12.2 Å². The highest BCUT2D eigenvalue weighted by Gasteiger charge is 2.22. The molecule has 0 saturated carbocycles. The first-order chi connectivity index (χ1) is 11.4. The third kappa shape index (κ3) is 2.78. The van der Waals surface area contributed by atoms with Gasteiger partial charge in [0, 0.05) is 17.5 Å². The number of carbonyl (C=O) groups excluding carboxylic acids is 1. The van der Waals surface area contributed by atoms with Crippen LogP contribution in [0.3, 0.4) is 0 Å². The Morgan fingerprint density at radius 2 is 2.17 bits per heavy atom. The van der Waals surface area contributed by atoms with Crippen LogP contribution >= 0.6 is 11.6 Å². The molecule has 1 amide bonds. The van der Waals surface area contributed by atoms with Crippen LogP contribution < -0.4 is 5.32 Å². The predicted octanol–water partition coefficient (Wildman–Crippen LogP) is 3.81. The lowest BCUT2D eigenvalue weighted by Crippen LogP contribution is -2.29. The summed E-state index contributed by atoms with van der Waals surface area (Å²) >= 11 is 6.23. The van der Waals surface area contributed by atoms with Gasteiger partial charge in [0.05, 0.1) is 11.1 Å². The fraction of sp³-hybridized carbons (Fsp3) is 0.353. The first-order valence-electron chi connectivity index (χ1n) is 7.80. The van der Waals surface area contributed by atoms with Crippen molar-refractivity contribution in [3.8, 4) is 0 Å². The van der Waals surface area contributed by atoms with Gasteiger partial charge in [0.15, 0.2) is 11.3 Å². The van der Waals surface area contributed by atoms with E-state index in [0.717, 1.165) is 16.5 Å². The summed E-state index contributed by atoms with van der Waals surface area (Å²) in [7, 11) is 0. The van der Waals surface area contributed by atoms with Crippen molar-refractivity contribution in [1.29, 1.82) is 0 Å². The van der Waals surface area contributed by atoms with Crippen molar-refractivity contribution < 1.29 is 9.21 Å².